The minimum Gasteiger partial charge on any atom is -0.340 e. The van der Waals surface area contributed by atoms with Crippen LogP contribution in [0.1, 0.15) is 305 Å². The molecule has 5 aliphatic rings. The van der Waals surface area contributed by atoms with Crippen LogP contribution in [0.5, 0.6) is 0 Å². The fourth-order valence-electron chi connectivity index (χ4n) is 17.0. The highest BCUT2D eigenvalue weighted by atomic mass is 32.2. The predicted octanol–water partition coefficient (Wildman–Crippen LogP) is 14.7. The highest BCUT2D eigenvalue weighted by Crippen LogP contribution is 2.39. The number of likely N-dealkylation sites (N-methyl/N-ethyl adjacent to an activating group) is 3. The van der Waals surface area contributed by atoms with E-state index in [0.29, 0.717) is 133 Å². The first-order chi connectivity index (χ1) is 65.2. The fourth-order valence-corrected chi connectivity index (χ4v) is 22.3. The van der Waals surface area contributed by atoms with E-state index >= 15 is 0 Å². The van der Waals surface area contributed by atoms with Crippen molar-refractivity contribution in [2.24, 2.45) is 0 Å². The van der Waals surface area contributed by atoms with E-state index in [-0.39, 0.29) is 97.2 Å². The second kappa shape index (κ2) is 53.4. The van der Waals surface area contributed by atoms with E-state index in [1.54, 1.807) is 9.80 Å². The maximum Gasteiger partial charge on any atom is 0.333 e. The van der Waals surface area contributed by atoms with E-state index in [1.807, 2.05) is 184 Å². The third-order valence-electron chi connectivity index (χ3n) is 25.2. The summed E-state index contributed by atoms with van der Waals surface area (Å²) < 4.78 is 143. The lowest BCUT2D eigenvalue weighted by atomic mass is 9.90. The monoisotopic (exact) mass is 2050 g/mol. The zero-order valence-corrected chi connectivity index (χ0v) is 92.0. The number of nitrogens with one attached hydrogen (secondary N) is 10. The second-order valence-corrected chi connectivity index (χ2v) is 47.6. The number of rotatable bonds is 28. The Morgan fingerprint density at radius 2 is 0.386 bits per heavy atom. The first-order valence-electron chi connectivity index (χ1n) is 49.0. The van der Waals surface area contributed by atoms with E-state index in [9.17, 15) is 75.7 Å². The molecule has 10 N–H and O–H groups in total. The molecule has 12 amide bonds. The van der Waals surface area contributed by atoms with Crippen molar-refractivity contribution in [1.29, 1.82) is 0 Å². The van der Waals surface area contributed by atoms with Crippen LogP contribution in [0.2, 0.25) is 0 Å². The van der Waals surface area contributed by atoms with Gasteiger partial charge in [-0.05, 0) is 155 Å². The van der Waals surface area contributed by atoms with Crippen molar-refractivity contribution in [3.05, 3.63) is 145 Å². The van der Waals surface area contributed by atoms with Crippen LogP contribution >= 0.6 is 0 Å². The quantitative estimate of drug-likeness (QED) is 0.0222. The Morgan fingerprint density at radius 3 is 0.521 bits per heavy atom. The third kappa shape index (κ3) is 34.8. The summed E-state index contributed by atoms with van der Waals surface area (Å²) in [4.78, 5) is 95.3. The van der Waals surface area contributed by atoms with Crippen LogP contribution in [0.25, 0.3) is 0 Å². The zero-order chi connectivity index (χ0) is 105. The lowest BCUT2D eigenvalue weighted by Crippen LogP contribution is -2.54. The van der Waals surface area contributed by atoms with Crippen molar-refractivity contribution >= 4 is 121 Å². The van der Waals surface area contributed by atoms with Crippen LogP contribution in [0.15, 0.2) is 72.8 Å². The van der Waals surface area contributed by atoms with Gasteiger partial charge in [-0.3, -0.25) is 9.59 Å². The average molecular weight is 2050 g/mol. The summed E-state index contributed by atoms with van der Waals surface area (Å²) in [5.74, 6) is 1.71. The number of carbonyl (C=O) groups excluding carboxylic acids is 7. The van der Waals surface area contributed by atoms with Crippen molar-refractivity contribution in [3.8, 4) is 0 Å². The molecule has 5 fully saturated rings. The highest BCUT2D eigenvalue weighted by Gasteiger charge is 2.37. The summed E-state index contributed by atoms with van der Waals surface area (Å²) in [6, 6.07) is 20.2. The molecule has 0 radical (unpaired) electrons. The number of amides is 12. The first kappa shape index (κ1) is 120. The Morgan fingerprint density at radius 1 is 0.243 bits per heavy atom. The standard InChI is InChI=1S/C20H32N4O4S.2C20H34N4O3S.C19H30N4O4S.C19H32N4O3S/c1-13(2)17-11-15(5)12-18(14(3)4)19(17)21-20(26)22-29(27,28)24-9-7-23(8-10-24)16(6)25;2*1-7-23-8-10-24(11-9-23)28(26,27)22-20(25)21-19-17(14(2)3)12-16(6)13-18(19)15(4)5;1-13(2)16-7-6-8-17(14(3)4)18(16)20-19(25)21-28(26,27)23-11-9-22(10-12-23)15(5)24;1-6-22-10-12-23(13-11-22)27(25,26)21-19(24)20-18-16(14(2)3)8-7-9-17(18)15(4)5/h11-14H,7-10H2,1-6H3,(H2,21,22,26);2*12-15H,7-11H2,1-6H3,(H2,21,22,25);6-8,13-14H,9-12H2,1-5H3,(H2,20,21,25);7-9,14-15H,6,10-13H2,1-5H3,(H2,20,21,24). The molecule has 5 aliphatic heterocycles. The summed E-state index contributed by atoms with van der Waals surface area (Å²) in [5, 5.41) is 13.9. The number of benzene rings is 5. The molecule has 5 saturated heterocycles. The second-order valence-electron chi connectivity index (χ2n) is 39.2. The number of anilines is 5. The van der Waals surface area contributed by atoms with Crippen molar-refractivity contribution < 1.29 is 75.7 Å². The van der Waals surface area contributed by atoms with E-state index < -0.39 is 81.2 Å². The Kier molecular flexibility index (Phi) is 45.6. The molecule has 0 saturated carbocycles. The lowest BCUT2D eigenvalue weighted by Gasteiger charge is -2.33. The van der Waals surface area contributed by atoms with Crippen LogP contribution in [0.4, 0.5) is 52.4 Å². The van der Waals surface area contributed by atoms with Gasteiger partial charge in [0, 0.05) is 173 Å². The SMILES string of the molecule is CC(=O)N1CCN(S(=O)(=O)NC(=O)Nc2c(C(C)C)cc(C)cc2C(C)C)CC1.CC(=O)N1CCN(S(=O)(=O)NC(=O)Nc2c(C(C)C)cccc2C(C)C)CC1.CCN1CCN(S(=O)(=O)NC(=O)Nc2c(C(C)C)cc(C)cc2C(C)C)CC1.CCN1CCN(S(=O)(=O)NC(=O)Nc2c(C(C)C)cc(C)cc2C(C)C)CC1.CCN1CCN(S(=O)(=O)NC(=O)Nc2c(C(C)C)cccc2C(C)C)CC1. The summed E-state index contributed by atoms with van der Waals surface area (Å²) in [6.45, 7) is 66.9. The van der Waals surface area contributed by atoms with Gasteiger partial charge in [0.25, 0.3) is 0 Å². The number of carbonyl (C=O) groups is 7. The van der Waals surface area contributed by atoms with Gasteiger partial charge in [-0.25, -0.2) is 47.6 Å². The molecular formula is C98H162N20O17S5. The molecule has 37 nitrogen and oxygen atoms in total. The van der Waals surface area contributed by atoms with Gasteiger partial charge in [-0.1, -0.05) is 249 Å². The molecule has 42 heteroatoms. The molecule has 0 aliphatic carbocycles. The van der Waals surface area contributed by atoms with Crippen LogP contribution in [0, 0.1) is 20.8 Å². The fraction of sp³-hybridized carbons (Fsp3) is 0.622. The number of nitrogens with zero attached hydrogens (tertiary/aromatic N) is 10. The molecule has 5 aromatic carbocycles. The molecule has 0 aromatic heterocycles. The van der Waals surface area contributed by atoms with Crippen molar-refractivity contribution in [2.45, 2.75) is 253 Å². The van der Waals surface area contributed by atoms with E-state index in [2.05, 4.69) is 134 Å². The zero-order valence-electron chi connectivity index (χ0n) is 87.9. The first-order valence-corrected chi connectivity index (χ1v) is 56.2. The molecule has 5 heterocycles. The average Bonchev–Trinajstić information content (AvgIpc) is 0.802. The van der Waals surface area contributed by atoms with E-state index in [0.717, 1.165) is 92.0 Å². The Hall–Kier alpha value is -9.18. The van der Waals surface area contributed by atoms with Crippen LogP contribution in [-0.4, -0.2) is 281 Å². The summed E-state index contributed by atoms with van der Waals surface area (Å²) >= 11 is 0. The minimum atomic E-state index is -3.99. The van der Waals surface area contributed by atoms with Crippen molar-refractivity contribution in [3.63, 3.8) is 0 Å². The van der Waals surface area contributed by atoms with Gasteiger partial charge in [0.15, 0.2) is 0 Å². The Labute approximate surface area is 836 Å². The Bertz CT molecular complexity index is 5370. The molecule has 786 valence electrons. The number of urea groups is 5. The molecule has 10 rings (SSSR count). The van der Waals surface area contributed by atoms with Gasteiger partial charge in [0.1, 0.15) is 0 Å². The van der Waals surface area contributed by atoms with Crippen LogP contribution < -0.4 is 50.2 Å². The van der Waals surface area contributed by atoms with Crippen molar-refractivity contribution in [1.82, 2.24) is 69.6 Å². The lowest BCUT2D eigenvalue weighted by molar-refractivity contribution is -0.130. The van der Waals surface area contributed by atoms with Gasteiger partial charge in [0.2, 0.25) is 11.8 Å². The third-order valence-corrected chi connectivity index (χ3v) is 32.7. The molecular weight excluding hydrogens is 1890 g/mol. The van der Waals surface area contributed by atoms with Gasteiger partial charge < -0.3 is 51.1 Å². The number of para-hydroxylation sites is 2. The highest BCUT2D eigenvalue weighted by molar-refractivity contribution is 7.88. The van der Waals surface area contributed by atoms with Gasteiger partial charge >= 0.3 is 81.2 Å². The van der Waals surface area contributed by atoms with E-state index in [1.165, 1.54) is 35.4 Å². The molecule has 0 spiro atoms. The topological polar surface area (TPSA) is 443 Å². The maximum absolute atomic E-state index is 12.6. The molecule has 0 unspecified atom stereocenters. The number of aryl methyl sites for hydroxylation is 3. The van der Waals surface area contributed by atoms with Crippen LogP contribution in [-0.2, 0) is 60.6 Å². The number of hydrogen-bond acceptors (Lipinski definition) is 20. The molecule has 0 bridgehead atoms. The van der Waals surface area contributed by atoms with Crippen LogP contribution in [0.3, 0.4) is 0 Å². The van der Waals surface area contributed by atoms with Gasteiger partial charge in [-0.15, -0.1) is 0 Å². The Balaban J connectivity index is 0.000000268. The van der Waals surface area contributed by atoms with E-state index in [4.69, 9.17) is 0 Å². The molecule has 140 heavy (non-hydrogen) atoms. The maximum atomic E-state index is 12.6. The van der Waals surface area contributed by atoms with Crippen molar-refractivity contribution in [2.75, 3.05) is 177 Å². The summed E-state index contributed by atoms with van der Waals surface area (Å²) in [6.07, 6.45) is 0. The predicted molar refractivity (Wildman–Crippen MR) is 561 cm³/mol. The molecule has 5 aromatic rings. The number of piperazine rings is 5. The smallest absolute Gasteiger partial charge is 0.333 e. The summed E-state index contributed by atoms with van der Waals surface area (Å²) in [5.41, 5.74) is 16.6. The number of hydrogen-bond donors (Lipinski definition) is 10. The minimum absolute atomic E-state index is 0.0884. The normalized spacial score (nSPS) is 16.2. The summed E-state index contributed by atoms with van der Waals surface area (Å²) in [7, 11) is -19.6. The molecule has 0 atom stereocenters. The van der Waals surface area contributed by atoms with Gasteiger partial charge in [-0.2, -0.15) is 63.6 Å². The van der Waals surface area contributed by atoms with Gasteiger partial charge in [0.05, 0.1) is 0 Å². The largest absolute Gasteiger partial charge is 0.340 e.